The molecule has 2 aliphatic rings. The van der Waals surface area contributed by atoms with Gasteiger partial charge in [-0.25, -0.2) is 9.97 Å². The lowest BCUT2D eigenvalue weighted by Gasteiger charge is -2.13. The minimum Gasteiger partial charge on any atom is -0.382 e. The molecule has 0 spiro atoms. The zero-order valence-electron chi connectivity index (χ0n) is 40.6. The number of likely N-dealkylation sites (tertiary alicyclic amines) is 2. The van der Waals surface area contributed by atoms with Crippen molar-refractivity contribution in [2.75, 3.05) is 50.3 Å². The largest absolute Gasteiger partial charge is 0.382 e. The maximum Gasteiger partial charge on any atom is 0.154 e. The van der Waals surface area contributed by atoms with E-state index in [4.69, 9.17) is 22.3 Å². The van der Waals surface area contributed by atoms with Crippen molar-refractivity contribution in [3.8, 4) is 44.5 Å². The van der Waals surface area contributed by atoms with Gasteiger partial charge in [0.1, 0.15) is 16.8 Å². The standard InChI is InChI=1S/C28H28N8.C18H20ClN5.C10H9N3/c1-2-7-21(8-3-1)23-16-28(34-30-18-23)33-27-10-9-25-26(32-27)15-22(17-29-25)24-19-31-36(20-24)14-6-13-35-11-4-5-12-35;19-18-5-4-16-17(22-18)10-14(11-20-16)15-12-21-24(13-15)9-3-8-23-6-1-2-7-23;11-10-6-9(7-12-13-10)8-4-2-1-3-5-8/h1-3,7-10,15-20H,4-6,11-14H2,(H,32,33,34);4-5,10-13H,1-3,6-9H2;1-7H,(H2,11,13). The SMILES string of the molecule is Clc1ccc2ncc(-c3cnn(CCCN4CCCC4)c3)cc2n1.Nc1cc(-c2ccccc2)cnn1.c1ccc(-c2cnnc(Nc3ccc4ncc(-c5cnn(CCCN6CCCC6)c5)cc4n3)c2)cc1. The summed E-state index contributed by atoms with van der Waals surface area (Å²) in [6, 6.07) is 35.4. The number of halogens is 1. The highest BCUT2D eigenvalue weighted by molar-refractivity contribution is 6.29. The quantitative estimate of drug-likeness (QED) is 0.0981. The maximum atomic E-state index is 5.97. The van der Waals surface area contributed by atoms with Gasteiger partial charge in [0.2, 0.25) is 0 Å². The third kappa shape index (κ3) is 13.3. The van der Waals surface area contributed by atoms with E-state index >= 15 is 0 Å². The van der Waals surface area contributed by atoms with Crippen LogP contribution in [0.5, 0.6) is 0 Å². The summed E-state index contributed by atoms with van der Waals surface area (Å²) in [4.78, 5) is 23.3. The molecule has 17 heteroatoms. The summed E-state index contributed by atoms with van der Waals surface area (Å²) < 4.78 is 4.04. The molecule has 0 saturated carbocycles. The van der Waals surface area contributed by atoms with Crippen LogP contribution in [-0.2, 0) is 13.1 Å². The van der Waals surface area contributed by atoms with Crippen LogP contribution in [0.4, 0.5) is 17.5 Å². The first kappa shape index (κ1) is 48.6. The van der Waals surface area contributed by atoms with Gasteiger partial charge in [0.25, 0.3) is 0 Å². The van der Waals surface area contributed by atoms with Crippen molar-refractivity contribution in [2.24, 2.45) is 0 Å². The second-order valence-corrected chi connectivity index (χ2v) is 18.6. The van der Waals surface area contributed by atoms with Crippen LogP contribution in [0.25, 0.3) is 66.6 Å². The van der Waals surface area contributed by atoms with Crippen molar-refractivity contribution in [1.82, 2.24) is 69.7 Å². The molecular formula is C56H57ClN16. The number of hydrogen-bond acceptors (Lipinski definition) is 14. The minimum atomic E-state index is 0.446. The average Bonchev–Trinajstić information content (AvgIpc) is 4.30. The number of nitrogens with zero attached hydrogens (tertiary/aromatic N) is 14. The third-order valence-electron chi connectivity index (χ3n) is 12.9. The molecule has 2 saturated heterocycles. The van der Waals surface area contributed by atoms with E-state index in [1.54, 1.807) is 18.5 Å². The first-order valence-corrected chi connectivity index (χ1v) is 25.3. The number of rotatable bonds is 14. The molecule has 0 atom stereocenters. The van der Waals surface area contributed by atoms with Gasteiger partial charge in [-0.2, -0.15) is 20.4 Å². The van der Waals surface area contributed by atoms with E-state index in [0.29, 0.717) is 22.6 Å². The van der Waals surface area contributed by atoms with Crippen LogP contribution >= 0.6 is 11.6 Å². The second kappa shape index (κ2) is 23.9. The maximum absolute atomic E-state index is 5.97. The van der Waals surface area contributed by atoms with E-state index in [2.05, 4.69) is 91.3 Å². The zero-order chi connectivity index (χ0) is 49.6. The molecule has 0 aliphatic carbocycles. The summed E-state index contributed by atoms with van der Waals surface area (Å²) >= 11 is 5.97. The van der Waals surface area contributed by atoms with Gasteiger partial charge >= 0.3 is 0 Å². The van der Waals surface area contributed by atoms with Crippen molar-refractivity contribution in [2.45, 2.75) is 51.6 Å². The molecule has 3 N–H and O–H groups in total. The predicted molar refractivity (Wildman–Crippen MR) is 290 cm³/mol. The van der Waals surface area contributed by atoms with E-state index in [1.165, 1.54) is 51.9 Å². The number of aryl methyl sites for hydroxylation is 2. The van der Waals surface area contributed by atoms with Crippen LogP contribution in [0, 0.1) is 0 Å². The summed E-state index contributed by atoms with van der Waals surface area (Å²) in [5.41, 5.74) is 17.1. The van der Waals surface area contributed by atoms with Crippen molar-refractivity contribution in [1.29, 1.82) is 0 Å². The number of fused-ring (bicyclic) bond motifs is 2. The number of pyridine rings is 4. The molecule has 8 aromatic heterocycles. The molecule has 10 aromatic rings. The van der Waals surface area contributed by atoms with Crippen molar-refractivity contribution in [3.05, 3.63) is 164 Å². The predicted octanol–water partition coefficient (Wildman–Crippen LogP) is 10.5. The van der Waals surface area contributed by atoms with Gasteiger partial charge in [-0.15, -0.1) is 10.2 Å². The molecule has 2 aliphatic heterocycles. The molecule has 0 radical (unpaired) electrons. The Hall–Kier alpha value is -8.05. The Kier molecular flexibility index (Phi) is 15.9. The number of aromatic nitrogens is 12. The first-order valence-electron chi connectivity index (χ1n) is 24.9. The first-order chi connectivity index (χ1) is 35.9. The van der Waals surface area contributed by atoms with Crippen LogP contribution in [0.15, 0.2) is 159 Å². The monoisotopic (exact) mass is 988 g/mol. The van der Waals surface area contributed by atoms with Crippen LogP contribution in [0.1, 0.15) is 38.5 Å². The van der Waals surface area contributed by atoms with Crippen LogP contribution in [-0.4, -0.2) is 109 Å². The Labute approximate surface area is 429 Å². The van der Waals surface area contributed by atoms with Gasteiger partial charge in [0.15, 0.2) is 5.82 Å². The fourth-order valence-electron chi connectivity index (χ4n) is 9.09. The number of hydrogen-bond donors (Lipinski definition) is 2. The molecule has 2 fully saturated rings. The third-order valence-corrected chi connectivity index (χ3v) is 13.1. The smallest absolute Gasteiger partial charge is 0.154 e. The van der Waals surface area contributed by atoms with Crippen LogP contribution < -0.4 is 11.1 Å². The van der Waals surface area contributed by atoms with Gasteiger partial charge in [-0.05, 0) is 137 Å². The lowest BCUT2D eigenvalue weighted by Crippen LogP contribution is -2.21. The summed E-state index contributed by atoms with van der Waals surface area (Å²) in [5, 5.41) is 28.7. The van der Waals surface area contributed by atoms with Crippen LogP contribution in [0.2, 0.25) is 5.15 Å². The normalized spacial score (nSPS) is 13.7. The molecule has 0 unspecified atom stereocenters. The highest BCUT2D eigenvalue weighted by atomic mass is 35.5. The molecule has 10 heterocycles. The Morgan fingerprint density at radius 1 is 0.452 bits per heavy atom. The lowest BCUT2D eigenvalue weighted by molar-refractivity contribution is 0.322. The molecule has 2 aromatic carbocycles. The molecular weight excluding hydrogens is 932 g/mol. The summed E-state index contributed by atoms with van der Waals surface area (Å²) in [7, 11) is 0. The number of nitrogen functional groups attached to an aromatic ring is 1. The second-order valence-electron chi connectivity index (χ2n) is 18.2. The number of nitrogens with two attached hydrogens (primary N) is 1. The Balaban J connectivity index is 0.000000141. The van der Waals surface area contributed by atoms with Gasteiger partial charge in [-0.1, -0.05) is 72.3 Å². The van der Waals surface area contributed by atoms with E-state index in [9.17, 15) is 0 Å². The van der Waals surface area contributed by atoms with E-state index in [0.717, 1.165) is 106 Å². The fourth-order valence-corrected chi connectivity index (χ4v) is 9.24. The van der Waals surface area contributed by atoms with Crippen molar-refractivity contribution in [3.63, 3.8) is 0 Å². The Bertz CT molecular complexity index is 3350. The molecule has 12 rings (SSSR count). The molecule has 0 amide bonds. The minimum absolute atomic E-state index is 0.446. The number of nitrogens with one attached hydrogen (secondary N) is 1. The fraction of sp³-hybridized carbons (Fsp3) is 0.250. The Morgan fingerprint density at radius 3 is 1.52 bits per heavy atom. The summed E-state index contributed by atoms with van der Waals surface area (Å²) in [6.07, 6.45) is 22.8. The van der Waals surface area contributed by atoms with Gasteiger partial charge in [0, 0.05) is 71.3 Å². The van der Waals surface area contributed by atoms with Gasteiger partial charge < -0.3 is 20.9 Å². The average molecular weight is 990 g/mol. The van der Waals surface area contributed by atoms with E-state index in [1.807, 2.05) is 119 Å². The van der Waals surface area contributed by atoms with E-state index < -0.39 is 0 Å². The highest BCUT2D eigenvalue weighted by Crippen LogP contribution is 2.27. The van der Waals surface area contributed by atoms with Crippen LogP contribution in [0.3, 0.4) is 0 Å². The summed E-state index contributed by atoms with van der Waals surface area (Å²) in [5.74, 6) is 1.78. The van der Waals surface area contributed by atoms with Crippen molar-refractivity contribution < 1.29 is 0 Å². The Morgan fingerprint density at radius 2 is 0.959 bits per heavy atom. The number of anilines is 3. The van der Waals surface area contributed by atoms with E-state index in [-0.39, 0.29) is 0 Å². The topological polar surface area (TPSA) is 183 Å². The van der Waals surface area contributed by atoms with Gasteiger partial charge in [-0.3, -0.25) is 19.3 Å². The number of benzene rings is 2. The summed E-state index contributed by atoms with van der Waals surface area (Å²) in [6.45, 7) is 9.16. The molecule has 73 heavy (non-hydrogen) atoms. The zero-order valence-corrected chi connectivity index (χ0v) is 41.4. The van der Waals surface area contributed by atoms with Crippen molar-refractivity contribution >= 4 is 51.1 Å². The molecule has 0 bridgehead atoms. The van der Waals surface area contributed by atoms with Gasteiger partial charge in [0.05, 0.1) is 46.9 Å². The lowest BCUT2D eigenvalue weighted by atomic mass is 10.1. The molecule has 368 valence electrons. The molecule has 16 nitrogen and oxygen atoms in total. The highest BCUT2D eigenvalue weighted by Gasteiger charge is 2.13.